The minimum Gasteiger partial charge on any atom is -0.430 e. The van der Waals surface area contributed by atoms with Crippen molar-refractivity contribution >= 4 is 21.8 Å². The van der Waals surface area contributed by atoms with Gasteiger partial charge < -0.3 is 9.73 Å². The lowest BCUT2D eigenvalue weighted by atomic mass is 9.62. The average molecular weight is 380 g/mol. The Kier molecular flexibility index (Phi) is 3.87. The van der Waals surface area contributed by atoms with E-state index in [2.05, 4.69) is 28.2 Å². The lowest BCUT2D eigenvalue weighted by Gasteiger charge is -2.45. The fraction of sp³-hybridized carbons (Fsp3) is 0.667. The number of halogens is 1. The fourth-order valence-electron chi connectivity index (χ4n) is 5.63. The summed E-state index contributed by atoms with van der Waals surface area (Å²) in [5, 5.41) is 3.16. The lowest BCUT2D eigenvalue weighted by Crippen LogP contribution is -2.48. The highest BCUT2D eigenvalue weighted by Crippen LogP contribution is 2.58. The van der Waals surface area contributed by atoms with Crippen LogP contribution in [0.1, 0.15) is 49.4 Å². The zero-order chi connectivity index (χ0) is 16.1. The highest BCUT2D eigenvalue weighted by Gasteiger charge is 2.51. The van der Waals surface area contributed by atoms with E-state index in [1.54, 1.807) is 0 Å². The molecule has 0 radical (unpaired) electrons. The first-order valence-corrected chi connectivity index (χ1v) is 9.41. The van der Waals surface area contributed by atoms with Crippen molar-refractivity contribution in [1.29, 1.82) is 0 Å². The molecule has 5 heteroatoms. The smallest absolute Gasteiger partial charge is 0.350 e. The minimum absolute atomic E-state index is 0.155. The largest absolute Gasteiger partial charge is 0.430 e. The first kappa shape index (κ1) is 15.4. The second-order valence-corrected chi connectivity index (χ2v) is 8.50. The van der Waals surface area contributed by atoms with E-state index in [-0.39, 0.29) is 16.4 Å². The van der Waals surface area contributed by atoms with Gasteiger partial charge in [0.15, 0.2) is 0 Å². The van der Waals surface area contributed by atoms with Gasteiger partial charge in [-0.05, 0) is 90.6 Å². The maximum absolute atomic E-state index is 12.5. The van der Waals surface area contributed by atoms with Gasteiger partial charge in [0.1, 0.15) is 10.7 Å². The molecule has 1 amide bonds. The molecule has 0 aliphatic heterocycles. The summed E-state index contributed by atoms with van der Waals surface area (Å²) < 4.78 is 5.16. The Morgan fingerprint density at radius 1 is 1.30 bits per heavy atom. The summed E-state index contributed by atoms with van der Waals surface area (Å²) in [5.74, 6) is 3.84. The summed E-state index contributed by atoms with van der Waals surface area (Å²) in [6, 6.07) is 1.71. The standard InChI is InChI=1S/C18H22BrNO3/c1-9(20-17(21)13-7-15(19)18(22)23-8-13)16-12-3-2-11-4-10(5-12)6-14(11)16/h7-12,14,16H,2-6H2,1H3,(H,20,21)/t9-,10-,11-,12+,14-,16+/m0/s1. The molecule has 0 spiro atoms. The van der Waals surface area contributed by atoms with Crippen LogP contribution in [0.5, 0.6) is 0 Å². The summed E-state index contributed by atoms with van der Waals surface area (Å²) in [4.78, 5) is 23.8. The van der Waals surface area contributed by atoms with Crippen molar-refractivity contribution in [3.8, 4) is 0 Å². The van der Waals surface area contributed by atoms with Gasteiger partial charge in [0, 0.05) is 6.04 Å². The molecule has 1 aromatic heterocycles. The molecule has 0 aromatic carbocycles. The van der Waals surface area contributed by atoms with E-state index in [4.69, 9.17) is 4.42 Å². The number of carbonyl (C=O) groups is 1. The summed E-state index contributed by atoms with van der Waals surface area (Å²) in [6.07, 6.45) is 8.08. The van der Waals surface area contributed by atoms with Crippen LogP contribution >= 0.6 is 15.9 Å². The summed E-state index contributed by atoms with van der Waals surface area (Å²) in [5.41, 5.74) is -0.0650. The predicted molar refractivity (Wildman–Crippen MR) is 90.1 cm³/mol. The van der Waals surface area contributed by atoms with Crippen molar-refractivity contribution < 1.29 is 9.21 Å². The third-order valence-corrected chi connectivity index (χ3v) is 6.95. The quantitative estimate of drug-likeness (QED) is 0.872. The van der Waals surface area contributed by atoms with E-state index in [1.807, 2.05) is 0 Å². The topological polar surface area (TPSA) is 59.3 Å². The van der Waals surface area contributed by atoms with Crippen LogP contribution in [0.4, 0.5) is 0 Å². The third kappa shape index (κ3) is 2.67. The predicted octanol–water partition coefficient (Wildman–Crippen LogP) is 3.59. The zero-order valence-electron chi connectivity index (χ0n) is 13.3. The van der Waals surface area contributed by atoms with Gasteiger partial charge in [0.05, 0.1) is 5.56 Å². The van der Waals surface area contributed by atoms with Crippen molar-refractivity contribution in [3.63, 3.8) is 0 Å². The Bertz CT molecular complexity index is 685. The summed E-state index contributed by atoms with van der Waals surface area (Å²) in [6.45, 7) is 2.14. The molecule has 4 nitrogen and oxygen atoms in total. The number of nitrogens with one attached hydrogen (secondary N) is 1. The number of rotatable bonds is 3. The Morgan fingerprint density at radius 3 is 2.83 bits per heavy atom. The first-order chi connectivity index (χ1) is 11.0. The highest BCUT2D eigenvalue weighted by atomic mass is 79.9. The Balaban J connectivity index is 1.49. The minimum atomic E-state index is -0.462. The maximum atomic E-state index is 12.5. The molecule has 3 aliphatic rings. The molecule has 23 heavy (non-hydrogen) atoms. The molecule has 6 atom stereocenters. The molecule has 3 aliphatic carbocycles. The van der Waals surface area contributed by atoms with Crippen LogP contribution in [0.25, 0.3) is 0 Å². The van der Waals surface area contributed by atoms with E-state index in [0.717, 1.165) is 23.7 Å². The first-order valence-electron chi connectivity index (χ1n) is 8.62. The Morgan fingerprint density at radius 2 is 2.04 bits per heavy atom. The van der Waals surface area contributed by atoms with Crippen LogP contribution in [-0.2, 0) is 0 Å². The van der Waals surface area contributed by atoms with Crippen molar-refractivity contribution in [1.82, 2.24) is 5.32 Å². The number of hydrogen-bond acceptors (Lipinski definition) is 3. The van der Waals surface area contributed by atoms with E-state index < -0.39 is 5.63 Å². The monoisotopic (exact) mass is 379 g/mol. The zero-order valence-corrected chi connectivity index (χ0v) is 14.8. The van der Waals surface area contributed by atoms with Gasteiger partial charge in [0.25, 0.3) is 5.91 Å². The number of hydrogen-bond donors (Lipinski definition) is 1. The van der Waals surface area contributed by atoms with Crippen molar-refractivity contribution in [2.24, 2.45) is 29.6 Å². The maximum Gasteiger partial charge on any atom is 0.350 e. The third-order valence-electron chi connectivity index (χ3n) is 6.40. The van der Waals surface area contributed by atoms with Crippen LogP contribution < -0.4 is 10.9 Å². The summed E-state index contributed by atoms with van der Waals surface area (Å²) >= 11 is 3.12. The van der Waals surface area contributed by atoms with Crippen LogP contribution in [0.15, 0.2) is 26.0 Å². The molecule has 3 saturated carbocycles. The van der Waals surface area contributed by atoms with E-state index in [9.17, 15) is 9.59 Å². The molecular weight excluding hydrogens is 358 g/mol. The molecule has 0 unspecified atom stereocenters. The average Bonchev–Trinajstić information content (AvgIpc) is 2.72. The SMILES string of the molecule is C[C@H](NC(=O)c1coc(=O)c(Br)c1)[C@@H]1[C@@H]2CC[C@H]3C[C@@H](C2)C[C@@H]31. The molecule has 1 heterocycles. The van der Waals surface area contributed by atoms with Crippen molar-refractivity contribution in [2.75, 3.05) is 0 Å². The molecule has 3 fully saturated rings. The lowest BCUT2D eigenvalue weighted by molar-refractivity contribution is 0.0518. The Hall–Kier alpha value is -1.10. The van der Waals surface area contributed by atoms with Gasteiger partial charge in [-0.1, -0.05) is 0 Å². The molecule has 4 rings (SSSR count). The number of carbonyl (C=O) groups excluding carboxylic acids is 1. The van der Waals surface area contributed by atoms with Gasteiger partial charge in [0.2, 0.25) is 0 Å². The van der Waals surface area contributed by atoms with Gasteiger partial charge in [-0.15, -0.1) is 0 Å². The van der Waals surface area contributed by atoms with E-state index >= 15 is 0 Å². The molecule has 3 bridgehead atoms. The second-order valence-electron chi connectivity index (χ2n) is 7.64. The summed E-state index contributed by atoms with van der Waals surface area (Å²) in [7, 11) is 0. The molecule has 1 N–H and O–H groups in total. The van der Waals surface area contributed by atoms with Crippen LogP contribution in [0.3, 0.4) is 0 Å². The molecule has 0 saturated heterocycles. The van der Waals surface area contributed by atoms with Crippen molar-refractivity contribution in [2.45, 2.75) is 45.1 Å². The molecular formula is C18H22BrNO3. The molecule has 124 valence electrons. The fourth-order valence-corrected chi connectivity index (χ4v) is 5.97. The van der Waals surface area contributed by atoms with Crippen molar-refractivity contribution in [3.05, 3.63) is 32.8 Å². The van der Waals surface area contributed by atoms with Gasteiger partial charge >= 0.3 is 5.63 Å². The van der Waals surface area contributed by atoms with Crippen LogP contribution in [0, 0.1) is 29.6 Å². The van der Waals surface area contributed by atoms with Gasteiger partial charge in [-0.3, -0.25) is 4.79 Å². The van der Waals surface area contributed by atoms with E-state index in [1.165, 1.54) is 44.4 Å². The molecule has 1 aromatic rings. The highest BCUT2D eigenvalue weighted by molar-refractivity contribution is 9.10. The van der Waals surface area contributed by atoms with E-state index in [0.29, 0.717) is 11.5 Å². The number of fused-ring (bicyclic) bond motifs is 2. The van der Waals surface area contributed by atoms with Gasteiger partial charge in [-0.25, -0.2) is 4.79 Å². The Labute approximate surface area is 144 Å². The normalized spacial score (nSPS) is 36.0. The van der Waals surface area contributed by atoms with Crippen LogP contribution in [0.2, 0.25) is 0 Å². The van der Waals surface area contributed by atoms with Crippen LogP contribution in [-0.4, -0.2) is 11.9 Å². The van der Waals surface area contributed by atoms with Gasteiger partial charge in [-0.2, -0.15) is 0 Å². The number of amides is 1. The second kappa shape index (κ2) is 5.76.